The summed E-state index contributed by atoms with van der Waals surface area (Å²) >= 11 is 7.63. The quantitative estimate of drug-likeness (QED) is 0.275. The minimum atomic E-state index is -0.120. The molecule has 2 heterocycles. The summed E-state index contributed by atoms with van der Waals surface area (Å²) in [5, 5.41) is 2.23. The van der Waals surface area contributed by atoms with E-state index < -0.39 is 0 Å². The van der Waals surface area contributed by atoms with Gasteiger partial charge in [0, 0.05) is 21.7 Å². The zero-order valence-corrected chi connectivity index (χ0v) is 17.8. The van der Waals surface area contributed by atoms with E-state index in [0.29, 0.717) is 21.2 Å². The third-order valence-electron chi connectivity index (χ3n) is 5.20. The Kier molecular flexibility index (Phi) is 4.85. The molecule has 0 fully saturated rings. The van der Waals surface area contributed by atoms with Gasteiger partial charge < -0.3 is 4.98 Å². The summed E-state index contributed by atoms with van der Waals surface area (Å²) in [7, 11) is 0. The van der Waals surface area contributed by atoms with E-state index in [1.54, 1.807) is 28.5 Å². The highest BCUT2D eigenvalue weighted by Crippen LogP contribution is 2.29. The van der Waals surface area contributed by atoms with E-state index in [1.165, 1.54) is 11.1 Å². The maximum Gasteiger partial charge on any atom is 0.283 e. The molecule has 6 heteroatoms. The van der Waals surface area contributed by atoms with Crippen LogP contribution < -0.4 is 5.56 Å². The third-order valence-corrected chi connectivity index (χ3v) is 6.44. The van der Waals surface area contributed by atoms with Gasteiger partial charge in [-0.25, -0.2) is 4.98 Å². The van der Waals surface area contributed by atoms with Crippen LogP contribution in [0.25, 0.3) is 27.6 Å². The molecular formula is C24H18ClN3OS. The Morgan fingerprint density at radius 3 is 2.53 bits per heavy atom. The first kappa shape index (κ1) is 19.0. The van der Waals surface area contributed by atoms with Gasteiger partial charge >= 0.3 is 0 Å². The molecule has 4 nitrogen and oxygen atoms in total. The van der Waals surface area contributed by atoms with Gasteiger partial charge in [0.2, 0.25) is 0 Å². The Bertz CT molecular complexity index is 1440. The minimum absolute atomic E-state index is 0.120. The number of aromatic amines is 1. The second-order valence-corrected chi connectivity index (χ2v) is 8.50. The zero-order chi connectivity index (χ0) is 20.7. The molecule has 0 radical (unpaired) electrons. The number of nitrogens with one attached hydrogen (secondary N) is 1. The Balaban J connectivity index is 1.72. The summed E-state index contributed by atoms with van der Waals surface area (Å²) in [5.41, 5.74) is 5.17. The van der Waals surface area contributed by atoms with Crippen molar-refractivity contribution in [2.45, 2.75) is 17.8 Å². The summed E-state index contributed by atoms with van der Waals surface area (Å²) in [6.07, 6.45) is 0. The maximum atomic E-state index is 13.5. The van der Waals surface area contributed by atoms with Crippen molar-refractivity contribution in [1.82, 2.24) is 14.5 Å². The first-order chi connectivity index (χ1) is 14.6. The molecule has 148 valence electrons. The number of nitrogens with zero attached hydrogens (tertiary/aromatic N) is 2. The van der Waals surface area contributed by atoms with Gasteiger partial charge in [-0.3, -0.25) is 9.36 Å². The monoisotopic (exact) mass is 431 g/mol. The van der Waals surface area contributed by atoms with Crippen LogP contribution in [0.3, 0.4) is 0 Å². The van der Waals surface area contributed by atoms with Gasteiger partial charge in [0.05, 0.1) is 5.69 Å². The molecule has 0 amide bonds. The van der Waals surface area contributed by atoms with E-state index in [-0.39, 0.29) is 5.56 Å². The highest BCUT2D eigenvalue weighted by atomic mass is 35.5. The van der Waals surface area contributed by atoms with Crippen LogP contribution >= 0.6 is 23.4 Å². The molecule has 5 rings (SSSR count). The molecule has 3 aromatic carbocycles. The summed E-state index contributed by atoms with van der Waals surface area (Å²) < 4.78 is 1.66. The lowest BCUT2D eigenvalue weighted by atomic mass is 10.1. The number of hydrogen-bond donors (Lipinski definition) is 1. The van der Waals surface area contributed by atoms with Gasteiger partial charge in [-0.15, -0.1) is 0 Å². The van der Waals surface area contributed by atoms with Crippen LogP contribution in [-0.2, 0) is 5.75 Å². The first-order valence-corrected chi connectivity index (χ1v) is 10.9. The lowest BCUT2D eigenvalue weighted by Crippen LogP contribution is -2.21. The number of aryl methyl sites for hydroxylation is 1. The Hall–Kier alpha value is -3.02. The maximum absolute atomic E-state index is 13.5. The van der Waals surface area contributed by atoms with E-state index in [1.807, 2.05) is 48.5 Å². The average molecular weight is 432 g/mol. The molecule has 2 aromatic heterocycles. The number of aromatic nitrogens is 3. The van der Waals surface area contributed by atoms with Crippen LogP contribution in [0.2, 0.25) is 5.02 Å². The molecule has 0 atom stereocenters. The smallest absolute Gasteiger partial charge is 0.283 e. The molecule has 1 N–H and O–H groups in total. The third kappa shape index (κ3) is 3.30. The molecule has 0 saturated carbocycles. The van der Waals surface area contributed by atoms with Crippen LogP contribution in [0.1, 0.15) is 11.1 Å². The van der Waals surface area contributed by atoms with Crippen LogP contribution in [-0.4, -0.2) is 14.5 Å². The number of thioether (sulfide) groups is 1. The van der Waals surface area contributed by atoms with Crippen LogP contribution in [0.5, 0.6) is 0 Å². The fourth-order valence-electron chi connectivity index (χ4n) is 3.57. The fourth-order valence-corrected chi connectivity index (χ4v) is 4.78. The Morgan fingerprint density at radius 2 is 1.73 bits per heavy atom. The van der Waals surface area contributed by atoms with E-state index >= 15 is 0 Å². The van der Waals surface area contributed by atoms with Gasteiger partial charge in [0.1, 0.15) is 11.0 Å². The van der Waals surface area contributed by atoms with E-state index in [2.05, 4.69) is 24.0 Å². The molecule has 0 aliphatic rings. The summed E-state index contributed by atoms with van der Waals surface area (Å²) in [5.74, 6) is 0.723. The van der Waals surface area contributed by atoms with Crippen molar-refractivity contribution in [2.24, 2.45) is 0 Å². The zero-order valence-electron chi connectivity index (χ0n) is 16.2. The van der Waals surface area contributed by atoms with Crippen LogP contribution in [0.4, 0.5) is 0 Å². The Labute approximate surface area is 182 Å². The molecule has 0 unspecified atom stereocenters. The molecular weight excluding hydrogens is 414 g/mol. The average Bonchev–Trinajstić information content (AvgIpc) is 3.13. The number of halogens is 1. The van der Waals surface area contributed by atoms with E-state index in [0.717, 1.165) is 22.3 Å². The SMILES string of the molecule is Cc1ccccc1CSc1nc2c([nH]c3ccccc32)c(=O)n1-c1ccc(Cl)cc1. The molecule has 0 saturated heterocycles. The van der Waals surface area contributed by atoms with Crippen molar-refractivity contribution in [3.63, 3.8) is 0 Å². The van der Waals surface area contributed by atoms with E-state index in [4.69, 9.17) is 16.6 Å². The molecule has 30 heavy (non-hydrogen) atoms. The summed E-state index contributed by atoms with van der Waals surface area (Å²) in [6, 6.07) is 23.4. The number of rotatable bonds is 4. The van der Waals surface area contributed by atoms with Gasteiger partial charge in [-0.2, -0.15) is 0 Å². The van der Waals surface area contributed by atoms with Crippen molar-refractivity contribution in [3.8, 4) is 5.69 Å². The van der Waals surface area contributed by atoms with Crippen molar-refractivity contribution in [1.29, 1.82) is 0 Å². The number of fused-ring (bicyclic) bond motifs is 3. The topological polar surface area (TPSA) is 50.7 Å². The second kappa shape index (κ2) is 7.67. The Morgan fingerprint density at radius 1 is 1.00 bits per heavy atom. The minimum Gasteiger partial charge on any atom is -0.349 e. The number of hydrogen-bond acceptors (Lipinski definition) is 3. The van der Waals surface area contributed by atoms with Crippen molar-refractivity contribution in [2.75, 3.05) is 0 Å². The second-order valence-electron chi connectivity index (χ2n) is 7.12. The van der Waals surface area contributed by atoms with Crippen molar-refractivity contribution >= 4 is 45.3 Å². The normalized spacial score (nSPS) is 11.4. The van der Waals surface area contributed by atoms with Crippen LogP contribution in [0.15, 0.2) is 82.7 Å². The highest BCUT2D eigenvalue weighted by molar-refractivity contribution is 7.98. The first-order valence-electron chi connectivity index (χ1n) is 9.58. The van der Waals surface area contributed by atoms with Gasteiger partial charge in [-0.05, 0) is 48.4 Å². The largest absolute Gasteiger partial charge is 0.349 e. The summed E-state index contributed by atoms with van der Waals surface area (Å²) in [4.78, 5) is 21.7. The predicted octanol–water partition coefficient (Wildman–Crippen LogP) is 6.12. The van der Waals surface area contributed by atoms with E-state index in [9.17, 15) is 4.79 Å². The number of H-pyrrole nitrogens is 1. The number of benzene rings is 3. The highest BCUT2D eigenvalue weighted by Gasteiger charge is 2.17. The number of para-hydroxylation sites is 1. The molecule has 5 aromatic rings. The van der Waals surface area contributed by atoms with Crippen molar-refractivity contribution in [3.05, 3.63) is 99.3 Å². The molecule has 0 aliphatic heterocycles. The molecule has 0 spiro atoms. The lowest BCUT2D eigenvalue weighted by molar-refractivity contribution is 0.818. The standard InChI is InChI=1S/C24H18ClN3OS/c1-15-6-2-3-7-16(15)14-30-24-27-21-19-8-4-5-9-20(19)26-22(21)23(29)28(24)18-12-10-17(25)11-13-18/h2-13,26H,14H2,1H3. The van der Waals surface area contributed by atoms with Gasteiger partial charge in [0.15, 0.2) is 5.16 Å². The summed E-state index contributed by atoms with van der Waals surface area (Å²) in [6.45, 7) is 2.10. The lowest BCUT2D eigenvalue weighted by Gasteiger charge is -2.13. The van der Waals surface area contributed by atoms with Crippen molar-refractivity contribution < 1.29 is 0 Å². The molecule has 0 aliphatic carbocycles. The fraction of sp³-hybridized carbons (Fsp3) is 0.0833. The predicted molar refractivity (Wildman–Crippen MR) is 125 cm³/mol. The molecule has 0 bridgehead atoms. The van der Waals surface area contributed by atoms with Crippen LogP contribution in [0, 0.1) is 6.92 Å². The van der Waals surface area contributed by atoms with Gasteiger partial charge in [-0.1, -0.05) is 65.8 Å². The van der Waals surface area contributed by atoms with Gasteiger partial charge in [0.25, 0.3) is 5.56 Å².